The largest absolute Gasteiger partial charge is 0.477 e. The summed E-state index contributed by atoms with van der Waals surface area (Å²) in [5.74, 6) is -1.67. The summed E-state index contributed by atoms with van der Waals surface area (Å²) in [6, 6.07) is 11.0. The first kappa shape index (κ1) is 13.2. The van der Waals surface area contributed by atoms with Crippen LogP contribution in [-0.2, 0) is 0 Å². The highest BCUT2D eigenvalue weighted by molar-refractivity contribution is 6.05. The van der Waals surface area contributed by atoms with Crippen molar-refractivity contribution in [2.75, 3.05) is 5.32 Å². The predicted molar refractivity (Wildman–Crippen MR) is 70.3 cm³/mol. The quantitative estimate of drug-likeness (QED) is 0.884. The molecule has 0 saturated heterocycles. The number of amides is 1. The maximum absolute atomic E-state index is 12.0. The number of carboxylic acid groups (broad SMARTS) is 1. The number of aromatic carboxylic acids is 1. The molecule has 1 aromatic carbocycles. The first-order chi connectivity index (χ1) is 9.60. The van der Waals surface area contributed by atoms with Gasteiger partial charge in [0.05, 0.1) is 11.6 Å². The molecular formula is C14H9N3O3. The molecule has 0 radical (unpaired) electrons. The number of nitrogens with zero attached hydrogens (tertiary/aromatic N) is 2. The summed E-state index contributed by atoms with van der Waals surface area (Å²) < 4.78 is 0. The fourth-order valence-corrected chi connectivity index (χ4v) is 1.56. The molecule has 98 valence electrons. The van der Waals surface area contributed by atoms with Gasteiger partial charge in [-0.15, -0.1) is 0 Å². The van der Waals surface area contributed by atoms with Crippen molar-refractivity contribution in [1.82, 2.24) is 4.98 Å². The van der Waals surface area contributed by atoms with Crippen LogP contribution in [0, 0.1) is 11.3 Å². The molecule has 2 aromatic rings. The fraction of sp³-hybridized carbons (Fsp3) is 0. The van der Waals surface area contributed by atoms with E-state index in [4.69, 9.17) is 10.4 Å². The van der Waals surface area contributed by atoms with E-state index in [1.807, 2.05) is 6.07 Å². The van der Waals surface area contributed by atoms with Crippen molar-refractivity contribution in [3.63, 3.8) is 0 Å². The van der Waals surface area contributed by atoms with Crippen LogP contribution in [0.25, 0.3) is 0 Å². The minimum absolute atomic E-state index is 0.180. The van der Waals surface area contributed by atoms with Crippen molar-refractivity contribution in [3.8, 4) is 6.07 Å². The molecule has 0 saturated carbocycles. The summed E-state index contributed by atoms with van der Waals surface area (Å²) in [7, 11) is 0. The number of benzene rings is 1. The summed E-state index contributed by atoms with van der Waals surface area (Å²) in [4.78, 5) is 26.4. The Hall–Kier alpha value is -3.20. The van der Waals surface area contributed by atoms with Gasteiger partial charge in [0.25, 0.3) is 5.91 Å². The lowest BCUT2D eigenvalue weighted by Gasteiger charge is -2.05. The van der Waals surface area contributed by atoms with E-state index in [1.54, 1.807) is 18.2 Å². The van der Waals surface area contributed by atoms with Gasteiger partial charge < -0.3 is 10.4 Å². The molecule has 6 heteroatoms. The Bertz CT molecular complexity index is 720. The van der Waals surface area contributed by atoms with Gasteiger partial charge in [-0.3, -0.25) is 4.79 Å². The van der Waals surface area contributed by atoms with Crippen LogP contribution >= 0.6 is 0 Å². The summed E-state index contributed by atoms with van der Waals surface area (Å²) in [5, 5.41) is 20.2. The maximum atomic E-state index is 12.0. The third-order valence-corrected chi connectivity index (χ3v) is 2.49. The Morgan fingerprint density at radius 1 is 1.25 bits per heavy atom. The molecule has 0 atom stereocenters. The number of nitriles is 1. The second kappa shape index (κ2) is 5.63. The van der Waals surface area contributed by atoms with Crippen LogP contribution < -0.4 is 5.32 Å². The molecule has 1 heterocycles. The number of hydrogen-bond donors (Lipinski definition) is 2. The van der Waals surface area contributed by atoms with Crippen LogP contribution in [0.5, 0.6) is 0 Å². The van der Waals surface area contributed by atoms with E-state index in [2.05, 4.69) is 10.3 Å². The Labute approximate surface area is 114 Å². The summed E-state index contributed by atoms with van der Waals surface area (Å²) in [6.07, 6.45) is 1.25. The lowest BCUT2D eigenvalue weighted by Crippen LogP contribution is -2.13. The first-order valence-electron chi connectivity index (χ1n) is 5.61. The average Bonchev–Trinajstić information content (AvgIpc) is 2.47. The molecule has 6 nitrogen and oxygen atoms in total. The number of nitrogens with one attached hydrogen (secondary N) is 1. The summed E-state index contributed by atoms with van der Waals surface area (Å²) in [5.41, 5.74) is 0.856. The zero-order chi connectivity index (χ0) is 14.5. The van der Waals surface area contributed by atoms with Crippen LogP contribution in [0.1, 0.15) is 26.4 Å². The third kappa shape index (κ3) is 2.97. The summed E-state index contributed by atoms with van der Waals surface area (Å²) >= 11 is 0. The third-order valence-electron chi connectivity index (χ3n) is 2.49. The van der Waals surface area contributed by atoms with Gasteiger partial charge in [0.1, 0.15) is 5.69 Å². The lowest BCUT2D eigenvalue weighted by atomic mass is 10.2. The van der Waals surface area contributed by atoms with E-state index in [-0.39, 0.29) is 11.3 Å². The van der Waals surface area contributed by atoms with Crippen LogP contribution in [0.3, 0.4) is 0 Å². The van der Waals surface area contributed by atoms with Gasteiger partial charge in [-0.25, -0.2) is 9.78 Å². The SMILES string of the molecule is N#Cc1cccc(NC(=O)c2ccnc(C(=O)O)c2)c1. The highest BCUT2D eigenvalue weighted by atomic mass is 16.4. The Kier molecular flexibility index (Phi) is 3.72. The molecule has 2 rings (SSSR count). The Balaban J connectivity index is 2.22. The summed E-state index contributed by atoms with van der Waals surface area (Å²) in [6.45, 7) is 0. The molecule has 0 bridgehead atoms. The molecule has 2 N–H and O–H groups in total. The fourth-order valence-electron chi connectivity index (χ4n) is 1.56. The van der Waals surface area contributed by atoms with Crippen LogP contribution in [0.15, 0.2) is 42.6 Å². The van der Waals surface area contributed by atoms with Gasteiger partial charge in [-0.05, 0) is 30.3 Å². The zero-order valence-corrected chi connectivity index (χ0v) is 10.2. The number of carbonyl (C=O) groups is 2. The van der Waals surface area contributed by atoms with Crippen molar-refractivity contribution in [1.29, 1.82) is 5.26 Å². The molecule has 20 heavy (non-hydrogen) atoms. The standard InChI is InChI=1S/C14H9N3O3/c15-8-9-2-1-3-11(6-9)17-13(18)10-4-5-16-12(7-10)14(19)20/h1-7H,(H,17,18)(H,19,20). The maximum Gasteiger partial charge on any atom is 0.354 e. The normalized spacial score (nSPS) is 9.55. The molecule has 0 unspecified atom stereocenters. The van der Waals surface area contributed by atoms with Gasteiger partial charge >= 0.3 is 5.97 Å². The van der Waals surface area contributed by atoms with E-state index < -0.39 is 11.9 Å². The van der Waals surface area contributed by atoms with Gasteiger partial charge in [-0.2, -0.15) is 5.26 Å². The smallest absolute Gasteiger partial charge is 0.354 e. The first-order valence-corrected chi connectivity index (χ1v) is 5.61. The number of carbonyl (C=O) groups excluding carboxylic acids is 1. The molecule has 0 aliphatic carbocycles. The number of anilines is 1. The van der Waals surface area contributed by atoms with E-state index in [9.17, 15) is 9.59 Å². The number of pyridine rings is 1. The van der Waals surface area contributed by atoms with E-state index >= 15 is 0 Å². The molecule has 1 amide bonds. The van der Waals surface area contributed by atoms with Crippen molar-refractivity contribution >= 4 is 17.6 Å². The minimum Gasteiger partial charge on any atom is -0.477 e. The topological polar surface area (TPSA) is 103 Å². The highest BCUT2D eigenvalue weighted by Gasteiger charge is 2.11. The van der Waals surface area contributed by atoms with Crippen LogP contribution in [-0.4, -0.2) is 22.0 Å². The minimum atomic E-state index is -1.20. The second-order valence-corrected chi connectivity index (χ2v) is 3.88. The number of rotatable bonds is 3. The van der Waals surface area contributed by atoms with E-state index in [0.29, 0.717) is 11.3 Å². The lowest BCUT2D eigenvalue weighted by molar-refractivity contribution is 0.0690. The second-order valence-electron chi connectivity index (χ2n) is 3.88. The van der Waals surface area contributed by atoms with Crippen LogP contribution in [0.4, 0.5) is 5.69 Å². The Morgan fingerprint density at radius 3 is 2.75 bits per heavy atom. The van der Waals surface area contributed by atoms with Crippen molar-refractivity contribution in [3.05, 3.63) is 59.4 Å². The zero-order valence-electron chi connectivity index (χ0n) is 10.2. The highest BCUT2D eigenvalue weighted by Crippen LogP contribution is 2.12. The molecule has 0 spiro atoms. The molecule has 0 aliphatic heterocycles. The van der Waals surface area contributed by atoms with Crippen molar-refractivity contribution in [2.45, 2.75) is 0 Å². The van der Waals surface area contributed by atoms with E-state index in [0.717, 1.165) is 0 Å². The molecular weight excluding hydrogens is 258 g/mol. The molecule has 0 aliphatic rings. The van der Waals surface area contributed by atoms with Crippen LogP contribution in [0.2, 0.25) is 0 Å². The number of aromatic nitrogens is 1. The number of carboxylic acids is 1. The monoisotopic (exact) mass is 267 g/mol. The van der Waals surface area contributed by atoms with E-state index in [1.165, 1.54) is 24.4 Å². The van der Waals surface area contributed by atoms with Gasteiger partial charge in [0, 0.05) is 17.4 Å². The van der Waals surface area contributed by atoms with Gasteiger partial charge in [0.2, 0.25) is 0 Å². The number of hydrogen-bond acceptors (Lipinski definition) is 4. The average molecular weight is 267 g/mol. The van der Waals surface area contributed by atoms with Gasteiger partial charge in [-0.1, -0.05) is 6.07 Å². The Morgan fingerprint density at radius 2 is 2.05 bits per heavy atom. The van der Waals surface area contributed by atoms with Gasteiger partial charge in [0.15, 0.2) is 0 Å². The predicted octanol–water partition coefficient (Wildman–Crippen LogP) is 1.90. The van der Waals surface area contributed by atoms with Crippen molar-refractivity contribution < 1.29 is 14.7 Å². The molecule has 1 aromatic heterocycles. The molecule has 0 fully saturated rings. The van der Waals surface area contributed by atoms with Crippen molar-refractivity contribution in [2.24, 2.45) is 0 Å².